The summed E-state index contributed by atoms with van der Waals surface area (Å²) in [6, 6.07) is 0. The van der Waals surface area contributed by atoms with Gasteiger partial charge in [0.25, 0.3) is 0 Å². The molecule has 2 aliphatic heterocycles. The molecular weight excluding hydrogens is 294 g/mol. The second kappa shape index (κ2) is 6.59. The lowest BCUT2D eigenvalue weighted by Gasteiger charge is -2.35. The Bertz CT molecular complexity index is 541. The van der Waals surface area contributed by atoms with Gasteiger partial charge in [-0.3, -0.25) is 4.79 Å². The maximum absolute atomic E-state index is 12.3. The number of piperidine rings is 1. The van der Waals surface area contributed by atoms with Gasteiger partial charge in [-0.05, 0) is 38.5 Å². The molecule has 0 aromatic carbocycles. The van der Waals surface area contributed by atoms with Crippen molar-refractivity contribution in [2.24, 2.45) is 5.92 Å². The first-order valence-electron chi connectivity index (χ1n) is 9.01. The molecule has 0 radical (unpaired) electrons. The fraction of sp³-hybridized carbons (Fsp3) is 0.824. The van der Waals surface area contributed by atoms with Crippen LogP contribution in [0.2, 0.25) is 0 Å². The van der Waals surface area contributed by atoms with Gasteiger partial charge < -0.3 is 14.2 Å². The van der Waals surface area contributed by atoms with Gasteiger partial charge in [0.2, 0.25) is 11.8 Å². The summed E-state index contributed by atoms with van der Waals surface area (Å²) in [5.74, 6) is 2.96. The van der Waals surface area contributed by atoms with Crippen LogP contribution in [0.1, 0.15) is 68.5 Å². The number of hydrogen-bond donors (Lipinski definition) is 0. The predicted molar refractivity (Wildman–Crippen MR) is 83.0 cm³/mol. The van der Waals surface area contributed by atoms with Crippen molar-refractivity contribution in [3.63, 3.8) is 0 Å². The predicted octanol–water partition coefficient (Wildman–Crippen LogP) is 2.47. The van der Waals surface area contributed by atoms with Crippen LogP contribution >= 0.6 is 0 Å². The third kappa shape index (κ3) is 3.13. The number of carbonyl (C=O) groups excluding carboxylic acids is 1. The Morgan fingerprint density at radius 1 is 1.00 bits per heavy atom. The van der Waals surface area contributed by atoms with E-state index in [0.29, 0.717) is 23.7 Å². The minimum Gasteiger partial charge on any atom is -0.381 e. The smallest absolute Gasteiger partial charge is 0.229 e. The molecule has 1 aromatic heterocycles. The van der Waals surface area contributed by atoms with Gasteiger partial charge in [-0.15, -0.1) is 0 Å². The fourth-order valence-corrected chi connectivity index (χ4v) is 3.79. The highest BCUT2D eigenvalue weighted by atomic mass is 16.5. The highest BCUT2D eigenvalue weighted by Crippen LogP contribution is 2.33. The molecule has 0 spiro atoms. The summed E-state index contributed by atoms with van der Waals surface area (Å²) in [6.07, 6.45) is 7.21. The molecule has 1 aromatic rings. The van der Waals surface area contributed by atoms with Crippen LogP contribution in [0, 0.1) is 5.92 Å². The Morgan fingerprint density at radius 3 is 2.39 bits per heavy atom. The summed E-state index contributed by atoms with van der Waals surface area (Å²) in [7, 11) is 0. The zero-order valence-electron chi connectivity index (χ0n) is 13.6. The lowest BCUT2D eigenvalue weighted by atomic mass is 9.83. The van der Waals surface area contributed by atoms with Gasteiger partial charge in [0.05, 0.1) is 0 Å². The molecule has 3 aliphatic rings. The lowest BCUT2D eigenvalue weighted by Crippen LogP contribution is -2.43. The number of nitrogens with zero attached hydrogens (tertiary/aromatic N) is 3. The number of ether oxygens (including phenoxy) is 1. The van der Waals surface area contributed by atoms with E-state index >= 15 is 0 Å². The van der Waals surface area contributed by atoms with Crippen molar-refractivity contribution in [1.82, 2.24) is 15.0 Å². The molecule has 0 unspecified atom stereocenters. The van der Waals surface area contributed by atoms with E-state index in [9.17, 15) is 4.79 Å². The molecule has 2 saturated heterocycles. The maximum atomic E-state index is 12.3. The third-order valence-electron chi connectivity index (χ3n) is 5.65. The molecule has 0 N–H and O–H groups in total. The SMILES string of the molecule is O=C(C1CCC1)N1CCC(c2nc(C3CCOCC3)no2)CC1. The van der Waals surface area contributed by atoms with E-state index in [1.165, 1.54) is 6.42 Å². The molecule has 3 fully saturated rings. The van der Waals surface area contributed by atoms with Crippen LogP contribution < -0.4 is 0 Å². The molecular formula is C17H25N3O3. The minimum absolute atomic E-state index is 0.301. The Kier molecular flexibility index (Phi) is 4.33. The highest BCUT2D eigenvalue weighted by molar-refractivity contribution is 5.79. The Balaban J connectivity index is 1.33. The average molecular weight is 319 g/mol. The summed E-state index contributed by atoms with van der Waals surface area (Å²) in [5, 5.41) is 4.20. The largest absolute Gasteiger partial charge is 0.381 e. The van der Waals surface area contributed by atoms with E-state index in [1.54, 1.807) is 0 Å². The van der Waals surface area contributed by atoms with Crippen molar-refractivity contribution in [2.75, 3.05) is 26.3 Å². The molecule has 23 heavy (non-hydrogen) atoms. The van der Waals surface area contributed by atoms with Crippen LogP contribution in [0.4, 0.5) is 0 Å². The van der Waals surface area contributed by atoms with Crippen LogP contribution in [0.3, 0.4) is 0 Å². The van der Waals surface area contributed by atoms with Crippen LogP contribution in [0.15, 0.2) is 4.52 Å². The number of amides is 1. The molecule has 126 valence electrons. The van der Waals surface area contributed by atoms with Crippen LogP contribution in [0.5, 0.6) is 0 Å². The van der Waals surface area contributed by atoms with E-state index in [2.05, 4.69) is 10.1 Å². The fourth-order valence-electron chi connectivity index (χ4n) is 3.79. The molecule has 6 heteroatoms. The van der Waals surface area contributed by atoms with Crippen LogP contribution in [-0.4, -0.2) is 47.3 Å². The van der Waals surface area contributed by atoms with Gasteiger partial charge in [0, 0.05) is 44.1 Å². The molecule has 1 amide bonds. The maximum Gasteiger partial charge on any atom is 0.229 e. The summed E-state index contributed by atoms with van der Waals surface area (Å²) in [5.41, 5.74) is 0. The standard InChI is InChI=1S/C17H25N3O3/c21-17(14-2-1-3-14)20-8-4-13(5-9-20)16-18-15(19-23-16)12-6-10-22-11-7-12/h12-14H,1-11H2. The number of likely N-dealkylation sites (tertiary alicyclic amines) is 1. The van der Waals surface area contributed by atoms with Gasteiger partial charge in [-0.25, -0.2) is 0 Å². The van der Waals surface area contributed by atoms with Gasteiger partial charge in [0.1, 0.15) is 0 Å². The van der Waals surface area contributed by atoms with Gasteiger partial charge in [0.15, 0.2) is 5.82 Å². The molecule has 0 atom stereocenters. The molecule has 1 aliphatic carbocycles. The Hall–Kier alpha value is -1.43. The first-order valence-corrected chi connectivity index (χ1v) is 9.01. The minimum atomic E-state index is 0.301. The molecule has 3 heterocycles. The first-order chi connectivity index (χ1) is 11.3. The molecule has 4 rings (SSSR count). The second-order valence-corrected chi connectivity index (χ2v) is 7.10. The van der Waals surface area contributed by atoms with Crippen LogP contribution in [0.25, 0.3) is 0 Å². The Labute approximate surface area is 136 Å². The van der Waals surface area contributed by atoms with E-state index in [1.807, 2.05) is 4.90 Å². The van der Waals surface area contributed by atoms with E-state index in [4.69, 9.17) is 9.26 Å². The quantitative estimate of drug-likeness (QED) is 0.856. The van der Waals surface area contributed by atoms with Crippen molar-refractivity contribution in [3.8, 4) is 0 Å². The van der Waals surface area contributed by atoms with Gasteiger partial charge in [-0.2, -0.15) is 4.98 Å². The summed E-state index contributed by atoms with van der Waals surface area (Å²) in [4.78, 5) is 19.0. The van der Waals surface area contributed by atoms with Crippen molar-refractivity contribution in [1.29, 1.82) is 0 Å². The molecule has 0 bridgehead atoms. The normalized spacial score (nSPS) is 24.6. The zero-order valence-corrected chi connectivity index (χ0v) is 13.6. The lowest BCUT2D eigenvalue weighted by molar-refractivity contribution is -0.139. The molecule has 1 saturated carbocycles. The topological polar surface area (TPSA) is 68.5 Å². The molecule has 6 nitrogen and oxygen atoms in total. The van der Waals surface area contributed by atoms with Crippen molar-refractivity contribution < 1.29 is 14.1 Å². The monoisotopic (exact) mass is 319 g/mol. The van der Waals surface area contributed by atoms with E-state index in [-0.39, 0.29) is 0 Å². The highest BCUT2D eigenvalue weighted by Gasteiger charge is 2.33. The second-order valence-electron chi connectivity index (χ2n) is 7.10. The first kappa shape index (κ1) is 15.1. The summed E-state index contributed by atoms with van der Waals surface area (Å²) >= 11 is 0. The Morgan fingerprint density at radius 2 is 1.74 bits per heavy atom. The summed E-state index contributed by atoms with van der Waals surface area (Å²) in [6.45, 7) is 3.23. The van der Waals surface area contributed by atoms with Crippen molar-refractivity contribution in [3.05, 3.63) is 11.7 Å². The average Bonchev–Trinajstić information content (AvgIpc) is 3.04. The van der Waals surface area contributed by atoms with Crippen LogP contribution in [-0.2, 0) is 9.53 Å². The zero-order chi connectivity index (χ0) is 15.6. The van der Waals surface area contributed by atoms with Gasteiger partial charge in [-0.1, -0.05) is 11.6 Å². The summed E-state index contributed by atoms with van der Waals surface area (Å²) < 4.78 is 10.9. The number of carbonyl (C=O) groups is 1. The van der Waals surface area contributed by atoms with Crippen molar-refractivity contribution >= 4 is 5.91 Å². The number of aromatic nitrogens is 2. The van der Waals surface area contributed by atoms with Crippen molar-refractivity contribution in [2.45, 2.75) is 56.8 Å². The van der Waals surface area contributed by atoms with E-state index in [0.717, 1.165) is 76.5 Å². The number of rotatable bonds is 3. The third-order valence-corrected chi connectivity index (χ3v) is 5.65. The number of hydrogen-bond acceptors (Lipinski definition) is 5. The van der Waals surface area contributed by atoms with E-state index < -0.39 is 0 Å². The van der Waals surface area contributed by atoms with Gasteiger partial charge >= 0.3 is 0 Å².